The summed E-state index contributed by atoms with van der Waals surface area (Å²) in [6.07, 6.45) is -0.249. The number of halogens is 1. The average molecular weight is 236 g/mol. The maximum absolute atomic E-state index is 11.2. The van der Waals surface area contributed by atoms with Crippen molar-refractivity contribution in [1.82, 2.24) is 0 Å². The predicted molar refractivity (Wildman–Crippen MR) is 49.5 cm³/mol. The number of fused-ring (bicyclic) bond motifs is 1. The molecular formula is C8H10ClNO5. The number of carbonyl (C=O) groups is 3. The van der Waals surface area contributed by atoms with E-state index in [1.165, 1.54) is 0 Å². The monoisotopic (exact) mass is 235 g/mol. The minimum Gasteiger partial charge on any atom is -0.481 e. The number of hydrogen-bond donors (Lipinski definition) is 3. The summed E-state index contributed by atoms with van der Waals surface area (Å²) in [5, 5.41) is 17.5. The van der Waals surface area contributed by atoms with Crippen molar-refractivity contribution < 1.29 is 24.6 Å². The molecule has 0 spiro atoms. The van der Waals surface area contributed by atoms with E-state index in [1.54, 1.807) is 0 Å². The Hall–Kier alpha value is -1.14. The molecule has 0 aromatic carbocycles. The van der Waals surface area contributed by atoms with E-state index in [9.17, 15) is 14.4 Å². The second-order valence-electron chi connectivity index (χ2n) is 3.90. The minimum absolute atomic E-state index is 0. The molecule has 0 aliphatic heterocycles. The van der Waals surface area contributed by atoms with E-state index in [1.807, 2.05) is 0 Å². The first-order valence-electron chi connectivity index (χ1n) is 4.17. The highest BCUT2D eigenvalue weighted by Crippen LogP contribution is 2.59. The Morgan fingerprint density at radius 3 is 2.27 bits per heavy atom. The zero-order chi connectivity index (χ0) is 10.7. The molecule has 2 saturated carbocycles. The second kappa shape index (κ2) is 3.18. The van der Waals surface area contributed by atoms with Crippen molar-refractivity contribution in [1.29, 1.82) is 0 Å². The zero-order valence-electron chi connectivity index (χ0n) is 7.54. The molecule has 0 aromatic rings. The molecule has 0 heterocycles. The number of rotatable bonds is 2. The number of aliphatic carboxylic acids is 2. The number of carboxylic acid groups (broad SMARTS) is 2. The summed E-state index contributed by atoms with van der Waals surface area (Å²) < 4.78 is 0. The number of nitrogens with two attached hydrogens (primary N) is 1. The van der Waals surface area contributed by atoms with Crippen LogP contribution in [0, 0.1) is 17.8 Å². The van der Waals surface area contributed by atoms with Crippen LogP contribution in [0.5, 0.6) is 0 Å². The highest BCUT2D eigenvalue weighted by Gasteiger charge is 2.74. The summed E-state index contributed by atoms with van der Waals surface area (Å²) in [4.78, 5) is 32.7. The fourth-order valence-corrected chi connectivity index (χ4v) is 2.40. The van der Waals surface area contributed by atoms with Crippen LogP contribution in [0.1, 0.15) is 6.42 Å². The maximum Gasteiger partial charge on any atom is 0.324 e. The lowest BCUT2D eigenvalue weighted by Crippen LogP contribution is -2.50. The molecule has 2 rings (SSSR count). The van der Waals surface area contributed by atoms with Crippen molar-refractivity contribution in [2.45, 2.75) is 12.0 Å². The fraction of sp³-hybridized carbons (Fsp3) is 0.625. The molecule has 15 heavy (non-hydrogen) atoms. The summed E-state index contributed by atoms with van der Waals surface area (Å²) in [6, 6.07) is 0. The molecule has 4 unspecified atom stereocenters. The van der Waals surface area contributed by atoms with Gasteiger partial charge in [0.05, 0.1) is 5.92 Å². The van der Waals surface area contributed by atoms with E-state index in [-0.39, 0.29) is 24.6 Å². The largest absolute Gasteiger partial charge is 0.481 e. The standard InChI is InChI=1S/C8H9NO5.ClH/c9-8(7(13)14)1-2(10)3-4(5(3)8)6(11)12;/h3-5H,1,9H2,(H,11,12)(H,13,14);1H. The van der Waals surface area contributed by atoms with Gasteiger partial charge in [0, 0.05) is 18.3 Å². The van der Waals surface area contributed by atoms with Crippen LogP contribution >= 0.6 is 12.4 Å². The number of ketones is 1. The zero-order valence-corrected chi connectivity index (χ0v) is 8.36. The Balaban J connectivity index is 0.00000112. The second-order valence-corrected chi connectivity index (χ2v) is 3.90. The molecule has 6 nitrogen and oxygen atoms in total. The van der Waals surface area contributed by atoms with Gasteiger partial charge in [0.2, 0.25) is 0 Å². The first-order chi connectivity index (χ1) is 6.39. The van der Waals surface area contributed by atoms with Crippen molar-refractivity contribution >= 4 is 30.1 Å². The molecule has 2 aliphatic rings. The molecule has 7 heteroatoms. The van der Waals surface area contributed by atoms with Gasteiger partial charge in [-0.2, -0.15) is 0 Å². The summed E-state index contributed by atoms with van der Waals surface area (Å²) in [5.74, 6) is -5.05. The molecule has 0 bridgehead atoms. The quantitative estimate of drug-likeness (QED) is 0.572. The highest BCUT2D eigenvalue weighted by atomic mass is 35.5. The molecule has 4 N–H and O–H groups in total. The molecule has 0 aromatic heterocycles. The predicted octanol–water partition coefficient (Wildman–Crippen LogP) is -0.890. The highest BCUT2D eigenvalue weighted by molar-refractivity contribution is 6.02. The molecular weight excluding hydrogens is 226 g/mol. The topological polar surface area (TPSA) is 118 Å². The van der Waals surface area contributed by atoms with Gasteiger partial charge in [-0.25, -0.2) is 0 Å². The SMILES string of the molecule is Cl.NC1(C(=O)O)CC(=O)C2C(C(=O)O)C21. The van der Waals surface area contributed by atoms with Gasteiger partial charge < -0.3 is 15.9 Å². The van der Waals surface area contributed by atoms with Gasteiger partial charge in [-0.15, -0.1) is 12.4 Å². The molecule has 0 radical (unpaired) electrons. The van der Waals surface area contributed by atoms with Crippen LogP contribution in [0.4, 0.5) is 0 Å². The Kier molecular flexibility index (Phi) is 2.53. The molecule has 0 saturated heterocycles. The van der Waals surface area contributed by atoms with E-state index >= 15 is 0 Å². The van der Waals surface area contributed by atoms with Crippen molar-refractivity contribution in [3.05, 3.63) is 0 Å². The first kappa shape index (κ1) is 11.9. The van der Waals surface area contributed by atoms with Crippen LogP contribution in [0.15, 0.2) is 0 Å². The minimum atomic E-state index is -1.66. The molecule has 2 aliphatic carbocycles. The molecule has 0 amide bonds. The van der Waals surface area contributed by atoms with Crippen molar-refractivity contribution in [2.75, 3.05) is 0 Å². The Morgan fingerprint density at radius 1 is 1.40 bits per heavy atom. The normalized spacial score (nSPS) is 41.7. The van der Waals surface area contributed by atoms with Crippen LogP contribution in [0.2, 0.25) is 0 Å². The van der Waals surface area contributed by atoms with E-state index in [2.05, 4.69) is 0 Å². The van der Waals surface area contributed by atoms with Gasteiger partial charge in [0.1, 0.15) is 11.3 Å². The summed E-state index contributed by atoms with van der Waals surface area (Å²) in [7, 11) is 0. The van der Waals surface area contributed by atoms with Gasteiger partial charge in [0.25, 0.3) is 0 Å². The number of carboxylic acids is 2. The summed E-state index contributed by atoms with van der Waals surface area (Å²) >= 11 is 0. The van der Waals surface area contributed by atoms with Gasteiger partial charge in [0.15, 0.2) is 0 Å². The van der Waals surface area contributed by atoms with Crippen LogP contribution in [0.3, 0.4) is 0 Å². The third-order valence-corrected chi connectivity index (χ3v) is 3.14. The van der Waals surface area contributed by atoms with Gasteiger partial charge >= 0.3 is 11.9 Å². The lowest BCUT2D eigenvalue weighted by molar-refractivity contribution is -0.146. The lowest BCUT2D eigenvalue weighted by Gasteiger charge is -2.19. The Labute approximate surface area is 90.8 Å². The molecule has 2 fully saturated rings. The van der Waals surface area contributed by atoms with Crippen LogP contribution in [-0.2, 0) is 14.4 Å². The van der Waals surface area contributed by atoms with Crippen molar-refractivity contribution in [2.24, 2.45) is 23.5 Å². The fourth-order valence-electron chi connectivity index (χ4n) is 2.40. The van der Waals surface area contributed by atoms with E-state index in [4.69, 9.17) is 15.9 Å². The summed E-state index contributed by atoms with van der Waals surface area (Å²) in [6.45, 7) is 0. The van der Waals surface area contributed by atoms with Crippen LogP contribution < -0.4 is 5.73 Å². The first-order valence-corrected chi connectivity index (χ1v) is 4.17. The lowest BCUT2D eigenvalue weighted by atomic mass is 9.91. The summed E-state index contributed by atoms with van der Waals surface area (Å²) in [5.41, 5.74) is 3.86. The Morgan fingerprint density at radius 2 is 1.93 bits per heavy atom. The average Bonchev–Trinajstić information content (AvgIpc) is 2.72. The Bertz CT molecular complexity index is 353. The van der Waals surface area contributed by atoms with Crippen molar-refractivity contribution in [3.8, 4) is 0 Å². The van der Waals surface area contributed by atoms with E-state index in [0.717, 1.165) is 0 Å². The third-order valence-electron chi connectivity index (χ3n) is 3.14. The third kappa shape index (κ3) is 1.32. The van der Waals surface area contributed by atoms with Gasteiger partial charge in [-0.05, 0) is 0 Å². The van der Waals surface area contributed by atoms with Crippen LogP contribution in [-0.4, -0.2) is 33.5 Å². The molecule has 4 atom stereocenters. The number of hydrogen-bond acceptors (Lipinski definition) is 4. The molecule has 84 valence electrons. The maximum atomic E-state index is 11.2. The van der Waals surface area contributed by atoms with E-state index < -0.39 is 35.2 Å². The van der Waals surface area contributed by atoms with Gasteiger partial charge in [-0.3, -0.25) is 14.4 Å². The van der Waals surface area contributed by atoms with Crippen molar-refractivity contribution in [3.63, 3.8) is 0 Å². The number of carbonyl (C=O) groups excluding carboxylic acids is 1. The number of Topliss-reactive ketones (excluding diaryl/α,β-unsaturated/α-hetero) is 1. The van der Waals surface area contributed by atoms with Gasteiger partial charge in [-0.1, -0.05) is 0 Å². The van der Waals surface area contributed by atoms with E-state index in [0.29, 0.717) is 0 Å². The smallest absolute Gasteiger partial charge is 0.324 e. The van der Waals surface area contributed by atoms with Crippen LogP contribution in [0.25, 0.3) is 0 Å².